The zero-order chi connectivity index (χ0) is 19.8. The summed E-state index contributed by atoms with van der Waals surface area (Å²) < 4.78 is 40.3. The molecule has 0 bridgehead atoms. The average molecular weight is 400 g/mol. The standard InChI is InChI=1S/C22H25NO4S/c1-17-8-11-20(12-9-17)28(24,25)23-16-19(22(2)26-14-15-27-22)10-13-21(23)18-6-4-3-5-7-18/h3-12,21H,13-16H2,1-2H3/t21-/m1/s1. The molecule has 2 aromatic carbocycles. The lowest BCUT2D eigenvalue weighted by Crippen LogP contribution is -2.44. The van der Waals surface area contributed by atoms with E-state index in [-0.39, 0.29) is 12.6 Å². The van der Waals surface area contributed by atoms with Crippen LogP contribution < -0.4 is 0 Å². The molecule has 148 valence electrons. The number of hydrogen-bond acceptors (Lipinski definition) is 4. The molecule has 1 saturated heterocycles. The molecule has 2 heterocycles. The van der Waals surface area contributed by atoms with Gasteiger partial charge in [0.25, 0.3) is 0 Å². The molecule has 0 spiro atoms. The number of rotatable bonds is 4. The van der Waals surface area contributed by atoms with Crippen molar-refractivity contribution in [2.24, 2.45) is 0 Å². The van der Waals surface area contributed by atoms with Crippen molar-refractivity contribution in [3.05, 3.63) is 77.4 Å². The summed E-state index contributed by atoms with van der Waals surface area (Å²) in [4.78, 5) is 0.304. The third kappa shape index (κ3) is 3.53. The Bertz CT molecular complexity index is 961. The Hall–Kier alpha value is -1.99. The van der Waals surface area contributed by atoms with Crippen LogP contribution >= 0.6 is 0 Å². The highest BCUT2D eigenvalue weighted by atomic mass is 32.2. The van der Waals surface area contributed by atoms with Crippen LogP contribution in [0.4, 0.5) is 0 Å². The molecule has 4 rings (SSSR count). The van der Waals surface area contributed by atoms with Crippen molar-refractivity contribution in [3.63, 3.8) is 0 Å². The van der Waals surface area contributed by atoms with Gasteiger partial charge in [-0.3, -0.25) is 0 Å². The van der Waals surface area contributed by atoms with Crippen molar-refractivity contribution in [2.75, 3.05) is 19.8 Å². The smallest absolute Gasteiger partial charge is 0.243 e. The van der Waals surface area contributed by atoms with Crippen LogP contribution in [0.1, 0.15) is 30.5 Å². The predicted molar refractivity (Wildman–Crippen MR) is 107 cm³/mol. The van der Waals surface area contributed by atoms with Crippen molar-refractivity contribution < 1.29 is 17.9 Å². The molecule has 0 saturated carbocycles. The molecule has 2 aromatic rings. The zero-order valence-corrected chi connectivity index (χ0v) is 17.0. The fourth-order valence-electron chi connectivity index (χ4n) is 3.82. The van der Waals surface area contributed by atoms with Crippen LogP contribution in [0, 0.1) is 6.92 Å². The second kappa shape index (κ2) is 7.44. The third-order valence-electron chi connectivity index (χ3n) is 5.49. The van der Waals surface area contributed by atoms with E-state index in [4.69, 9.17) is 9.47 Å². The summed E-state index contributed by atoms with van der Waals surface area (Å²) in [5.41, 5.74) is 2.86. The van der Waals surface area contributed by atoms with Crippen LogP contribution in [0.15, 0.2) is 71.1 Å². The summed E-state index contributed by atoms with van der Waals surface area (Å²) in [6.45, 7) is 5.08. The second-order valence-corrected chi connectivity index (χ2v) is 9.29. The molecule has 1 fully saturated rings. The molecule has 2 aliphatic heterocycles. The maximum absolute atomic E-state index is 13.6. The van der Waals surface area contributed by atoms with E-state index < -0.39 is 15.8 Å². The molecule has 5 nitrogen and oxygen atoms in total. The Balaban J connectivity index is 1.75. The van der Waals surface area contributed by atoms with E-state index >= 15 is 0 Å². The fraction of sp³-hybridized carbons (Fsp3) is 0.364. The largest absolute Gasteiger partial charge is 0.344 e. The van der Waals surface area contributed by atoms with Crippen LogP contribution in [0.3, 0.4) is 0 Å². The van der Waals surface area contributed by atoms with Crippen molar-refractivity contribution in [2.45, 2.75) is 37.0 Å². The number of hydrogen-bond donors (Lipinski definition) is 0. The first-order chi connectivity index (χ1) is 13.4. The molecule has 1 atom stereocenters. The van der Waals surface area contributed by atoms with Crippen LogP contribution in [0.2, 0.25) is 0 Å². The maximum Gasteiger partial charge on any atom is 0.243 e. The van der Waals surface area contributed by atoms with Gasteiger partial charge in [0.05, 0.1) is 24.2 Å². The summed E-state index contributed by atoms with van der Waals surface area (Å²) in [6, 6.07) is 16.5. The minimum absolute atomic E-state index is 0.242. The van der Waals surface area contributed by atoms with Gasteiger partial charge in [-0.05, 0) is 43.5 Å². The first-order valence-corrected chi connectivity index (χ1v) is 10.9. The fourth-order valence-corrected chi connectivity index (χ4v) is 5.42. The van der Waals surface area contributed by atoms with Gasteiger partial charge in [-0.15, -0.1) is 0 Å². The molecule has 28 heavy (non-hydrogen) atoms. The third-order valence-corrected chi connectivity index (χ3v) is 7.36. The summed E-state index contributed by atoms with van der Waals surface area (Å²) in [7, 11) is -3.68. The molecule has 0 aromatic heterocycles. The first kappa shape index (κ1) is 19.3. The minimum atomic E-state index is -3.68. The van der Waals surface area contributed by atoms with E-state index in [2.05, 4.69) is 6.08 Å². The molecule has 2 aliphatic rings. The lowest BCUT2D eigenvalue weighted by molar-refractivity contribution is -0.113. The molecule has 6 heteroatoms. The molecule has 0 N–H and O–H groups in total. The number of aryl methyl sites for hydroxylation is 1. The highest BCUT2D eigenvalue weighted by Crippen LogP contribution is 2.39. The van der Waals surface area contributed by atoms with Crippen molar-refractivity contribution >= 4 is 10.0 Å². The van der Waals surface area contributed by atoms with Crippen molar-refractivity contribution in [3.8, 4) is 0 Å². The first-order valence-electron chi connectivity index (χ1n) is 9.51. The zero-order valence-electron chi connectivity index (χ0n) is 16.2. The average Bonchev–Trinajstić information content (AvgIpc) is 3.16. The van der Waals surface area contributed by atoms with Gasteiger partial charge in [-0.2, -0.15) is 4.31 Å². The highest BCUT2D eigenvalue weighted by Gasteiger charge is 2.42. The normalized spacial score (nSPS) is 22.8. The van der Waals surface area contributed by atoms with Gasteiger partial charge < -0.3 is 9.47 Å². The Kier molecular flexibility index (Phi) is 5.14. The van der Waals surface area contributed by atoms with Crippen molar-refractivity contribution in [1.82, 2.24) is 4.31 Å². The van der Waals surface area contributed by atoms with E-state index in [0.29, 0.717) is 24.5 Å². The van der Waals surface area contributed by atoms with Gasteiger partial charge >= 0.3 is 0 Å². The summed E-state index contributed by atoms with van der Waals surface area (Å²) in [6.07, 6.45) is 2.65. The van der Waals surface area contributed by atoms with Crippen LogP contribution in [-0.4, -0.2) is 38.3 Å². The summed E-state index contributed by atoms with van der Waals surface area (Å²) >= 11 is 0. The number of sulfonamides is 1. The highest BCUT2D eigenvalue weighted by molar-refractivity contribution is 7.89. The van der Waals surface area contributed by atoms with E-state index in [0.717, 1.165) is 16.7 Å². The lowest BCUT2D eigenvalue weighted by Gasteiger charge is -2.38. The monoisotopic (exact) mass is 399 g/mol. The molecule has 0 radical (unpaired) electrons. The number of ether oxygens (including phenoxy) is 2. The van der Waals surface area contributed by atoms with Crippen LogP contribution in [0.5, 0.6) is 0 Å². The van der Waals surface area contributed by atoms with Gasteiger partial charge in [0.2, 0.25) is 10.0 Å². The van der Waals surface area contributed by atoms with E-state index in [1.54, 1.807) is 16.4 Å². The van der Waals surface area contributed by atoms with Gasteiger partial charge in [0.15, 0.2) is 5.79 Å². The lowest BCUT2D eigenvalue weighted by atomic mass is 9.95. The molecule has 0 aliphatic carbocycles. The van der Waals surface area contributed by atoms with Crippen LogP contribution in [-0.2, 0) is 19.5 Å². The second-order valence-electron chi connectivity index (χ2n) is 7.40. The summed E-state index contributed by atoms with van der Waals surface area (Å²) in [5, 5.41) is 0. The van der Waals surface area contributed by atoms with Gasteiger partial charge in [0.1, 0.15) is 0 Å². The molecular weight excluding hydrogens is 374 g/mol. The Morgan fingerprint density at radius 2 is 1.64 bits per heavy atom. The van der Waals surface area contributed by atoms with Crippen molar-refractivity contribution in [1.29, 1.82) is 0 Å². The van der Waals surface area contributed by atoms with Crippen LogP contribution in [0.25, 0.3) is 0 Å². The van der Waals surface area contributed by atoms with E-state index in [1.165, 1.54) is 0 Å². The number of benzene rings is 2. The van der Waals surface area contributed by atoms with Gasteiger partial charge in [-0.25, -0.2) is 8.42 Å². The van der Waals surface area contributed by atoms with Gasteiger partial charge in [-0.1, -0.05) is 54.1 Å². The van der Waals surface area contributed by atoms with Gasteiger partial charge in [0, 0.05) is 6.54 Å². The molecule has 0 unspecified atom stereocenters. The SMILES string of the molecule is Cc1ccc(S(=O)(=O)N2CC(C3(C)OCCO3)=CC[C@@H]2c2ccccc2)cc1. The summed E-state index contributed by atoms with van der Waals surface area (Å²) in [5.74, 6) is -0.858. The quantitative estimate of drug-likeness (QED) is 0.734. The molecular formula is C22H25NO4S. The minimum Gasteiger partial charge on any atom is -0.344 e. The van der Waals surface area contributed by atoms with E-state index in [9.17, 15) is 8.42 Å². The molecule has 0 amide bonds. The maximum atomic E-state index is 13.6. The Labute approximate surface area is 166 Å². The topological polar surface area (TPSA) is 55.8 Å². The Morgan fingerprint density at radius 1 is 1.00 bits per heavy atom. The number of nitrogens with zero attached hydrogens (tertiary/aromatic N) is 1. The predicted octanol–water partition coefficient (Wildman–Crippen LogP) is 3.82. The Morgan fingerprint density at radius 3 is 2.29 bits per heavy atom. The van der Waals surface area contributed by atoms with E-state index in [1.807, 2.05) is 56.3 Å².